The van der Waals surface area contributed by atoms with Crippen molar-refractivity contribution in [1.82, 2.24) is 19.8 Å². The van der Waals surface area contributed by atoms with Crippen molar-refractivity contribution in [2.75, 3.05) is 38.5 Å². The number of nitrogens with two attached hydrogens (primary N) is 1. The molecule has 2 heterocycles. The van der Waals surface area contributed by atoms with Gasteiger partial charge in [-0.3, -0.25) is 4.90 Å². The molecule has 5 nitrogen and oxygen atoms in total. The standard InChI is InChI=1S/C21H24F3N5/c1-2-28-5-7-29(8-6-28)13-14-9-15(11-16(10-14)21(22,23)24)20-26-18-4-3-17(25)12-19(18)27-20/h3-4,9-12H,2,5-8,13,25H2,1H3,(H,26,27). The molecule has 8 heteroatoms. The SMILES string of the molecule is CCN1CCN(Cc2cc(-c3nc4ccc(N)cc4[nH]3)cc(C(F)(F)F)c2)CC1. The van der Waals surface area contributed by atoms with Crippen LogP contribution in [0.5, 0.6) is 0 Å². The van der Waals surface area contributed by atoms with Gasteiger partial charge in [0.25, 0.3) is 0 Å². The van der Waals surface area contributed by atoms with Gasteiger partial charge in [0.1, 0.15) is 5.82 Å². The summed E-state index contributed by atoms with van der Waals surface area (Å²) in [5, 5.41) is 0. The van der Waals surface area contributed by atoms with Gasteiger partial charge < -0.3 is 15.6 Å². The minimum absolute atomic E-state index is 0.411. The Balaban J connectivity index is 1.67. The van der Waals surface area contributed by atoms with Gasteiger partial charge in [-0.2, -0.15) is 13.2 Å². The van der Waals surface area contributed by atoms with Gasteiger partial charge in [-0.25, -0.2) is 4.98 Å². The molecule has 4 rings (SSSR count). The van der Waals surface area contributed by atoms with E-state index < -0.39 is 11.7 Å². The number of imidazole rings is 1. The summed E-state index contributed by atoms with van der Waals surface area (Å²) in [4.78, 5) is 12.1. The number of fused-ring (bicyclic) bond motifs is 1. The number of aromatic amines is 1. The van der Waals surface area contributed by atoms with Gasteiger partial charge >= 0.3 is 6.18 Å². The van der Waals surface area contributed by atoms with Crippen LogP contribution >= 0.6 is 0 Å². The number of nitrogen functional groups attached to an aromatic ring is 1. The molecular weight excluding hydrogens is 379 g/mol. The molecule has 0 radical (unpaired) electrons. The number of hydrogen-bond donors (Lipinski definition) is 2. The number of halogens is 3. The van der Waals surface area contributed by atoms with Crippen molar-refractivity contribution in [3.8, 4) is 11.4 Å². The van der Waals surface area contributed by atoms with Crippen LogP contribution in [0.15, 0.2) is 36.4 Å². The van der Waals surface area contributed by atoms with Gasteiger partial charge in [-0.1, -0.05) is 6.92 Å². The number of alkyl halides is 3. The molecule has 0 atom stereocenters. The monoisotopic (exact) mass is 403 g/mol. The molecule has 1 aromatic heterocycles. The number of aromatic nitrogens is 2. The first-order valence-corrected chi connectivity index (χ1v) is 9.73. The van der Waals surface area contributed by atoms with Gasteiger partial charge in [0.15, 0.2) is 0 Å². The van der Waals surface area contributed by atoms with E-state index in [2.05, 4.69) is 26.7 Å². The van der Waals surface area contributed by atoms with Gasteiger partial charge in [-0.15, -0.1) is 0 Å². The average molecular weight is 403 g/mol. The molecule has 0 saturated carbocycles. The first kappa shape index (κ1) is 19.7. The molecule has 1 saturated heterocycles. The highest BCUT2D eigenvalue weighted by atomic mass is 19.4. The van der Waals surface area contributed by atoms with Gasteiger partial charge in [0, 0.05) is 44.0 Å². The van der Waals surface area contributed by atoms with Crippen molar-refractivity contribution in [3.05, 3.63) is 47.5 Å². The Labute approximate surface area is 167 Å². The van der Waals surface area contributed by atoms with E-state index in [1.165, 1.54) is 6.07 Å². The number of piperazine rings is 1. The van der Waals surface area contributed by atoms with Crippen LogP contribution in [0.3, 0.4) is 0 Å². The maximum absolute atomic E-state index is 13.5. The van der Waals surface area contributed by atoms with E-state index in [0.29, 0.717) is 40.2 Å². The Kier molecular flexibility index (Phi) is 5.23. The Bertz CT molecular complexity index is 1000. The number of nitrogens with one attached hydrogen (secondary N) is 1. The Morgan fingerprint density at radius 1 is 1.03 bits per heavy atom. The molecule has 3 N–H and O–H groups in total. The van der Waals surface area contributed by atoms with Gasteiger partial charge in [0.2, 0.25) is 0 Å². The second-order valence-corrected chi connectivity index (χ2v) is 7.49. The van der Waals surface area contributed by atoms with Crippen LogP contribution in [0.25, 0.3) is 22.4 Å². The fraction of sp³-hybridized carbons (Fsp3) is 0.381. The fourth-order valence-corrected chi connectivity index (χ4v) is 3.77. The van der Waals surface area contributed by atoms with Crippen molar-refractivity contribution in [2.45, 2.75) is 19.6 Å². The van der Waals surface area contributed by atoms with Crippen molar-refractivity contribution < 1.29 is 13.2 Å². The minimum atomic E-state index is -4.41. The number of nitrogens with zero attached hydrogens (tertiary/aromatic N) is 3. The molecule has 3 aromatic rings. The van der Waals surface area contributed by atoms with Crippen molar-refractivity contribution in [3.63, 3.8) is 0 Å². The third-order valence-electron chi connectivity index (χ3n) is 5.42. The number of likely N-dealkylation sites (N-methyl/N-ethyl adjacent to an activating group) is 1. The zero-order valence-corrected chi connectivity index (χ0v) is 16.3. The summed E-state index contributed by atoms with van der Waals surface area (Å²) < 4.78 is 40.6. The summed E-state index contributed by atoms with van der Waals surface area (Å²) in [5.74, 6) is 0.411. The highest BCUT2D eigenvalue weighted by molar-refractivity contribution is 5.82. The molecular formula is C21H24F3N5. The van der Waals surface area contributed by atoms with Crippen LogP contribution < -0.4 is 5.73 Å². The third kappa shape index (κ3) is 4.38. The van der Waals surface area contributed by atoms with Crippen molar-refractivity contribution in [1.29, 1.82) is 0 Å². The molecule has 0 aliphatic carbocycles. The van der Waals surface area contributed by atoms with E-state index in [1.54, 1.807) is 24.3 Å². The van der Waals surface area contributed by atoms with E-state index >= 15 is 0 Å². The lowest BCUT2D eigenvalue weighted by Gasteiger charge is -2.34. The highest BCUT2D eigenvalue weighted by Gasteiger charge is 2.32. The molecule has 154 valence electrons. The zero-order valence-electron chi connectivity index (χ0n) is 16.3. The van der Waals surface area contributed by atoms with Crippen LogP contribution in [0.2, 0.25) is 0 Å². The Morgan fingerprint density at radius 2 is 1.76 bits per heavy atom. The van der Waals surface area contributed by atoms with Crippen molar-refractivity contribution in [2.24, 2.45) is 0 Å². The summed E-state index contributed by atoms with van der Waals surface area (Å²) in [6, 6.07) is 9.40. The van der Waals surface area contributed by atoms with E-state index in [1.807, 2.05) is 0 Å². The summed E-state index contributed by atoms with van der Waals surface area (Å²) in [7, 11) is 0. The Hall–Kier alpha value is -2.58. The number of benzene rings is 2. The minimum Gasteiger partial charge on any atom is -0.399 e. The molecule has 0 bridgehead atoms. The molecule has 0 amide bonds. The maximum Gasteiger partial charge on any atom is 0.416 e. The van der Waals surface area contributed by atoms with Crippen LogP contribution in [0.4, 0.5) is 18.9 Å². The molecule has 0 unspecified atom stereocenters. The van der Waals surface area contributed by atoms with Crippen LogP contribution in [0.1, 0.15) is 18.1 Å². The lowest BCUT2D eigenvalue weighted by atomic mass is 10.0. The van der Waals surface area contributed by atoms with Gasteiger partial charge in [-0.05, 0) is 48.5 Å². The lowest BCUT2D eigenvalue weighted by molar-refractivity contribution is -0.137. The lowest BCUT2D eigenvalue weighted by Crippen LogP contribution is -2.45. The number of rotatable bonds is 4. The molecule has 2 aromatic carbocycles. The predicted octanol–water partition coefficient (Wildman–Crippen LogP) is 3.97. The van der Waals surface area contributed by atoms with Crippen molar-refractivity contribution >= 4 is 16.7 Å². The van der Waals surface area contributed by atoms with Crippen LogP contribution in [0, 0.1) is 0 Å². The summed E-state index contributed by atoms with van der Waals surface area (Å²) in [6.07, 6.45) is -4.41. The quantitative estimate of drug-likeness (QED) is 0.647. The second kappa shape index (κ2) is 7.68. The van der Waals surface area contributed by atoms with E-state index in [9.17, 15) is 13.2 Å². The number of hydrogen-bond acceptors (Lipinski definition) is 4. The van der Waals surface area contributed by atoms with E-state index in [-0.39, 0.29) is 0 Å². The summed E-state index contributed by atoms with van der Waals surface area (Å²) in [5.41, 5.74) is 8.15. The van der Waals surface area contributed by atoms with Crippen LogP contribution in [-0.2, 0) is 12.7 Å². The Morgan fingerprint density at radius 3 is 2.45 bits per heavy atom. The molecule has 1 aliphatic heterocycles. The first-order valence-electron chi connectivity index (χ1n) is 9.73. The molecule has 1 fully saturated rings. The molecule has 1 aliphatic rings. The summed E-state index contributed by atoms with van der Waals surface area (Å²) in [6.45, 7) is 7.18. The molecule has 29 heavy (non-hydrogen) atoms. The van der Waals surface area contributed by atoms with Crippen LogP contribution in [-0.4, -0.2) is 52.5 Å². The zero-order chi connectivity index (χ0) is 20.6. The second-order valence-electron chi connectivity index (χ2n) is 7.49. The maximum atomic E-state index is 13.5. The normalized spacial score (nSPS) is 16.6. The predicted molar refractivity (Wildman–Crippen MR) is 108 cm³/mol. The van der Waals surface area contributed by atoms with Gasteiger partial charge in [0.05, 0.1) is 16.6 Å². The smallest absolute Gasteiger partial charge is 0.399 e. The van der Waals surface area contributed by atoms with E-state index in [0.717, 1.165) is 38.8 Å². The largest absolute Gasteiger partial charge is 0.416 e. The highest BCUT2D eigenvalue weighted by Crippen LogP contribution is 2.34. The first-order chi connectivity index (χ1) is 13.8. The number of H-pyrrole nitrogens is 1. The summed E-state index contributed by atoms with van der Waals surface area (Å²) >= 11 is 0. The van der Waals surface area contributed by atoms with E-state index in [4.69, 9.17) is 5.73 Å². The average Bonchev–Trinajstić information content (AvgIpc) is 3.11. The number of anilines is 1. The topological polar surface area (TPSA) is 61.2 Å². The fourth-order valence-electron chi connectivity index (χ4n) is 3.77. The third-order valence-corrected chi connectivity index (χ3v) is 5.42. The molecule has 0 spiro atoms.